The van der Waals surface area contributed by atoms with Crippen LogP contribution in [-0.2, 0) is 0 Å². The van der Waals surface area contributed by atoms with Gasteiger partial charge in [-0.15, -0.1) is 0 Å². The fourth-order valence-corrected chi connectivity index (χ4v) is 2.83. The van der Waals surface area contributed by atoms with Gasteiger partial charge in [0.15, 0.2) is 0 Å². The average molecular weight is 309 g/mol. The van der Waals surface area contributed by atoms with Gasteiger partial charge in [0.25, 0.3) is 5.91 Å². The molecular formula is C19H23N3O. The third-order valence-electron chi connectivity index (χ3n) is 4.45. The minimum atomic E-state index is -0.128. The molecule has 2 heterocycles. The zero-order chi connectivity index (χ0) is 16.2. The second-order valence-electron chi connectivity index (χ2n) is 6.36. The molecule has 1 aliphatic rings. The van der Waals surface area contributed by atoms with Gasteiger partial charge >= 0.3 is 0 Å². The Balaban J connectivity index is 1.63. The first-order valence-electron chi connectivity index (χ1n) is 8.21. The number of carbonyl (C=O) groups is 1. The van der Waals surface area contributed by atoms with Gasteiger partial charge in [-0.1, -0.05) is 6.92 Å². The molecule has 1 aromatic heterocycles. The van der Waals surface area contributed by atoms with Crippen LogP contribution in [0.3, 0.4) is 0 Å². The number of amides is 1. The molecule has 120 valence electrons. The minimum Gasteiger partial charge on any atom is -0.372 e. The summed E-state index contributed by atoms with van der Waals surface area (Å²) in [5.41, 5.74) is 3.52. The lowest BCUT2D eigenvalue weighted by molar-refractivity contribution is 0.102. The maximum absolute atomic E-state index is 12.2. The molecule has 3 rings (SSSR count). The van der Waals surface area contributed by atoms with Crippen molar-refractivity contribution in [3.63, 3.8) is 0 Å². The number of benzene rings is 1. The van der Waals surface area contributed by atoms with Gasteiger partial charge in [-0.3, -0.25) is 9.78 Å². The zero-order valence-corrected chi connectivity index (χ0v) is 13.7. The lowest BCUT2D eigenvalue weighted by Gasteiger charge is -2.32. The van der Waals surface area contributed by atoms with E-state index in [1.54, 1.807) is 12.3 Å². The number of rotatable bonds is 3. The van der Waals surface area contributed by atoms with Crippen molar-refractivity contribution in [1.29, 1.82) is 0 Å². The van der Waals surface area contributed by atoms with E-state index in [0.29, 0.717) is 5.56 Å². The van der Waals surface area contributed by atoms with Crippen molar-refractivity contribution in [2.24, 2.45) is 5.92 Å². The largest absolute Gasteiger partial charge is 0.372 e. The SMILES string of the molecule is Cc1ccc(C(=O)Nc2ccc(N3CCC(C)CC3)cc2)cn1. The van der Waals surface area contributed by atoms with Crippen LogP contribution >= 0.6 is 0 Å². The summed E-state index contributed by atoms with van der Waals surface area (Å²) in [6.07, 6.45) is 4.10. The van der Waals surface area contributed by atoms with Crippen LogP contribution < -0.4 is 10.2 Å². The average Bonchev–Trinajstić information content (AvgIpc) is 2.57. The third-order valence-corrected chi connectivity index (χ3v) is 4.45. The van der Waals surface area contributed by atoms with Gasteiger partial charge in [-0.05, 0) is 62.1 Å². The van der Waals surface area contributed by atoms with E-state index in [0.717, 1.165) is 30.4 Å². The molecule has 0 aliphatic carbocycles. The summed E-state index contributed by atoms with van der Waals surface area (Å²) in [6, 6.07) is 11.7. The lowest BCUT2D eigenvalue weighted by atomic mass is 9.99. The van der Waals surface area contributed by atoms with E-state index in [4.69, 9.17) is 0 Å². The normalized spacial score (nSPS) is 15.5. The van der Waals surface area contributed by atoms with E-state index >= 15 is 0 Å². The van der Waals surface area contributed by atoms with Gasteiger partial charge in [-0.25, -0.2) is 0 Å². The van der Waals surface area contributed by atoms with Crippen LogP contribution in [0, 0.1) is 12.8 Å². The molecule has 2 aromatic rings. The highest BCUT2D eigenvalue weighted by molar-refractivity contribution is 6.04. The second kappa shape index (κ2) is 6.82. The number of pyridine rings is 1. The van der Waals surface area contributed by atoms with Gasteiger partial charge in [0.1, 0.15) is 0 Å². The Bertz CT molecular complexity index is 656. The van der Waals surface area contributed by atoms with E-state index in [9.17, 15) is 4.79 Å². The highest BCUT2D eigenvalue weighted by atomic mass is 16.1. The van der Waals surface area contributed by atoms with Crippen molar-refractivity contribution in [2.45, 2.75) is 26.7 Å². The van der Waals surface area contributed by atoms with Gasteiger partial charge in [0.05, 0.1) is 5.56 Å². The number of aromatic nitrogens is 1. The van der Waals surface area contributed by atoms with E-state index in [-0.39, 0.29) is 5.91 Å². The summed E-state index contributed by atoms with van der Waals surface area (Å²) in [4.78, 5) is 18.8. The highest BCUT2D eigenvalue weighted by Crippen LogP contribution is 2.24. The number of aryl methyl sites for hydroxylation is 1. The third kappa shape index (κ3) is 3.89. The van der Waals surface area contributed by atoms with Crippen molar-refractivity contribution in [1.82, 2.24) is 4.98 Å². The monoisotopic (exact) mass is 309 g/mol. The van der Waals surface area contributed by atoms with Gasteiger partial charge < -0.3 is 10.2 Å². The number of nitrogens with one attached hydrogen (secondary N) is 1. The van der Waals surface area contributed by atoms with Crippen molar-refractivity contribution < 1.29 is 4.79 Å². The Labute approximate surface area is 137 Å². The Kier molecular flexibility index (Phi) is 4.60. The Morgan fingerprint density at radius 1 is 1.13 bits per heavy atom. The molecule has 1 amide bonds. The summed E-state index contributed by atoms with van der Waals surface area (Å²) < 4.78 is 0. The van der Waals surface area contributed by atoms with Crippen molar-refractivity contribution in [2.75, 3.05) is 23.3 Å². The summed E-state index contributed by atoms with van der Waals surface area (Å²) >= 11 is 0. The predicted molar refractivity (Wildman–Crippen MR) is 94.0 cm³/mol. The molecule has 1 fully saturated rings. The van der Waals surface area contributed by atoms with Crippen LogP contribution in [0.5, 0.6) is 0 Å². The first-order valence-corrected chi connectivity index (χ1v) is 8.21. The molecule has 23 heavy (non-hydrogen) atoms. The second-order valence-corrected chi connectivity index (χ2v) is 6.36. The molecule has 4 heteroatoms. The molecule has 0 radical (unpaired) electrons. The van der Waals surface area contributed by atoms with Crippen molar-refractivity contribution >= 4 is 17.3 Å². The van der Waals surface area contributed by atoms with Gasteiger partial charge in [0, 0.05) is 36.4 Å². The molecule has 0 unspecified atom stereocenters. The molecular weight excluding hydrogens is 286 g/mol. The zero-order valence-electron chi connectivity index (χ0n) is 13.7. The Morgan fingerprint density at radius 3 is 2.43 bits per heavy atom. The van der Waals surface area contributed by atoms with E-state index in [1.807, 2.05) is 25.1 Å². The maximum Gasteiger partial charge on any atom is 0.257 e. The molecule has 0 saturated carbocycles. The van der Waals surface area contributed by atoms with Crippen molar-refractivity contribution in [3.05, 3.63) is 53.9 Å². The highest BCUT2D eigenvalue weighted by Gasteiger charge is 2.16. The van der Waals surface area contributed by atoms with E-state index in [1.165, 1.54) is 18.5 Å². The number of piperidine rings is 1. The van der Waals surface area contributed by atoms with Crippen LogP contribution in [-0.4, -0.2) is 24.0 Å². The van der Waals surface area contributed by atoms with Crippen LogP contribution in [0.25, 0.3) is 0 Å². The number of anilines is 2. The Morgan fingerprint density at radius 2 is 1.83 bits per heavy atom. The number of hydrogen-bond donors (Lipinski definition) is 1. The number of nitrogens with zero attached hydrogens (tertiary/aromatic N) is 2. The summed E-state index contributed by atoms with van der Waals surface area (Å²) in [6.45, 7) is 6.45. The summed E-state index contributed by atoms with van der Waals surface area (Å²) in [5, 5.41) is 2.92. The van der Waals surface area contributed by atoms with Crippen molar-refractivity contribution in [3.8, 4) is 0 Å². The van der Waals surface area contributed by atoms with Crippen LogP contribution in [0.4, 0.5) is 11.4 Å². The number of carbonyl (C=O) groups excluding carboxylic acids is 1. The van der Waals surface area contributed by atoms with Crippen LogP contribution in [0.15, 0.2) is 42.6 Å². The summed E-state index contributed by atoms with van der Waals surface area (Å²) in [7, 11) is 0. The van der Waals surface area contributed by atoms with Crippen LogP contribution in [0.2, 0.25) is 0 Å². The smallest absolute Gasteiger partial charge is 0.257 e. The lowest BCUT2D eigenvalue weighted by Crippen LogP contribution is -2.32. The first-order chi connectivity index (χ1) is 11.1. The molecule has 1 aliphatic heterocycles. The standard InChI is InChI=1S/C19H23N3O/c1-14-9-11-22(12-10-14)18-7-5-17(6-8-18)21-19(23)16-4-3-15(2)20-13-16/h3-8,13-14H,9-12H2,1-2H3,(H,21,23). The molecule has 0 spiro atoms. The topological polar surface area (TPSA) is 45.2 Å². The molecule has 1 aromatic carbocycles. The Hall–Kier alpha value is -2.36. The maximum atomic E-state index is 12.2. The first kappa shape index (κ1) is 15.5. The quantitative estimate of drug-likeness (QED) is 0.936. The summed E-state index contributed by atoms with van der Waals surface area (Å²) in [5.74, 6) is 0.699. The van der Waals surface area contributed by atoms with Gasteiger partial charge in [0.2, 0.25) is 0 Å². The van der Waals surface area contributed by atoms with Crippen LogP contribution in [0.1, 0.15) is 35.8 Å². The molecule has 1 saturated heterocycles. The fraction of sp³-hybridized carbons (Fsp3) is 0.368. The molecule has 0 bridgehead atoms. The minimum absolute atomic E-state index is 0.128. The molecule has 4 nitrogen and oxygen atoms in total. The van der Waals surface area contributed by atoms with E-state index < -0.39 is 0 Å². The molecule has 1 N–H and O–H groups in total. The predicted octanol–water partition coefficient (Wildman–Crippen LogP) is 3.88. The molecule has 0 atom stereocenters. The van der Waals surface area contributed by atoms with E-state index in [2.05, 4.69) is 34.3 Å². The van der Waals surface area contributed by atoms with Gasteiger partial charge in [-0.2, -0.15) is 0 Å². The number of hydrogen-bond acceptors (Lipinski definition) is 3. The fourth-order valence-electron chi connectivity index (χ4n) is 2.83.